The summed E-state index contributed by atoms with van der Waals surface area (Å²) in [7, 11) is 0. The Morgan fingerprint density at radius 3 is 3.00 bits per heavy atom. The van der Waals surface area contributed by atoms with Gasteiger partial charge in [-0.1, -0.05) is 25.8 Å². The smallest absolute Gasteiger partial charge is 0.265 e. The molecule has 0 saturated carbocycles. The van der Waals surface area contributed by atoms with Crippen LogP contribution in [0.15, 0.2) is 18.2 Å². The van der Waals surface area contributed by atoms with E-state index in [0.29, 0.717) is 11.4 Å². The van der Waals surface area contributed by atoms with Crippen molar-refractivity contribution in [2.45, 2.75) is 26.2 Å². The standard InChI is InChI=1S/C13H18N2O2/c1-2-3-4-8-15-12(16)9-17-11-7-5-6-10(14)13(11)15/h5-7H,2-4,8-9,14H2,1H3. The van der Waals surface area contributed by atoms with E-state index in [1.807, 2.05) is 12.1 Å². The van der Waals surface area contributed by atoms with Gasteiger partial charge in [-0.3, -0.25) is 4.79 Å². The van der Waals surface area contributed by atoms with E-state index in [1.165, 1.54) is 0 Å². The molecule has 4 heteroatoms. The molecule has 2 rings (SSSR count). The second-order valence-corrected chi connectivity index (χ2v) is 4.24. The lowest BCUT2D eigenvalue weighted by Crippen LogP contribution is -2.39. The van der Waals surface area contributed by atoms with Crippen LogP contribution in [-0.2, 0) is 4.79 Å². The summed E-state index contributed by atoms with van der Waals surface area (Å²) in [6.07, 6.45) is 3.25. The zero-order valence-electron chi connectivity index (χ0n) is 10.1. The van der Waals surface area contributed by atoms with Crippen molar-refractivity contribution < 1.29 is 9.53 Å². The average molecular weight is 234 g/mol. The summed E-state index contributed by atoms with van der Waals surface area (Å²) in [4.78, 5) is 13.6. The van der Waals surface area contributed by atoms with Crippen molar-refractivity contribution in [1.29, 1.82) is 0 Å². The predicted octanol–water partition coefficient (Wildman–Crippen LogP) is 2.18. The summed E-state index contributed by atoms with van der Waals surface area (Å²) < 4.78 is 5.38. The Balaban J connectivity index is 2.23. The van der Waals surface area contributed by atoms with E-state index in [4.69, 9.17) is 10.5 Å². The molecule has 0 saturated heterocycles. The van der Waals surface area contributed by atoms with Gasteiger partial charge in [-0.05, 0) is 18.6 Å². The van der Waals surface area contributed by atoms with Crippen molar-refractivity contribution in [2.24, 2.45) is 0 Å². The molecular weight excluding hydrogens is 216 g/mol. The Morgan fingerprint density at radius 2 is 2.24 bits per heavy atom. The number of carbonyl (C=O) groups excluding carboxylic acids is 1. The van der Waals surface area contributed by atoms with Crippen molar-refractivity contribution in [3.05, 3.63) is 18.2 Å². The van der Waals surface area contributed by atoms with E-state index < -0.39 is 0 Å². The molecule has 0 aliphatic carbocycles. The maximum Gasteiger partial charge on any atom is 0.265 e. The number of unbranched alkanes of at least 4 members (excludes halogenated alkanes) is 2. The number of fused-ring (bicyclic) bond motifs is 1. The Hall–Kier alpha value is -1.71. The molecule has 92 valence electrons. The highest BCUT2D eigenvalue weighted by Crippen LogP contribution is 2.37. The quantitative estimate of drug-likeness (QED) is 0.641. The third-order valence-electron chi connectivity index (χ3n) is 2.94. The van der Waals surface area contributed by atoms with Crippen molar-refractivity contribution in [2.75, 3.05) is 23.8 Å². The number of rotatable bonds is 4. The van der Waals surface area contributed by atoms with Crippen molar-refractivity contribution >= 4 is 17.3 Å². The van der Waals surface area contributed by atoms with Gasteiger partial charge in [-0.25, -0.2) is 0 Å². The first kappa shape index (κ1) is 11.8. The van der Waals surface area contributed by atoms with Crippen LogP contribution >= 0.6 is 0 Å². The SMILES string of the molecule is CCCCCN1C(=O)COc2cccc(N)c21. The molecule has 1 aromatic rings. The molecule has 0 bridgehead atoms. The van der Waals surface area contributed by atoms with Gasteiger partial charge in [0.15, 0.2) is 6.61 Å². The molecule has 1 aromatic carbocycles. The number of anilines is 2. The number of nitrogen functional groups attached to an aromatic ring is 1. The lowest BCUT2D eigenvalue weighted by Gasteiger charge is -2.30. The number of para-hydroxylation sites is 1. The summed E-state index contributed by atoms with van der Waals surface area (Å²) >= 11 is 0. The molecular formula is C13H18N2O2. The number of hydrogen-bond acceptors (Lipinski definition) is 3. The molecule has 4 nitrogen and oxygen atoms in total. The molecule has 0 aromatic heterocycles. The van der Waals surface area contributed by atoms with E-state index in [-0.39, 0.29) is 12.5 Å². The van der Waals surface area contributed by atoms with Crippen LogP contribution in [0.3, 0.4) is 0 Å². The second kappa shape index (κ2) is 5.08. The fourth-order valence-corrected chi connectivity index (χ4v) is 2.04. The number of amides is 1. The molecule has 0 atom stereocenters. The monoisotopic (exact) mass is 234 g/mol. The van der Waals surface area contributed by atoms with Gasteiger partial charge in [0.25, 0.3) is 5.91 Å². The first-order chi connectivity index (χ1) is 8.24. The Labute approximate surface area is 101 Å². The van der Waals surface area contributed by atoms with Crippen LogP contribution < -0.4 is 15.4 Å². The van der Waals surface area contributed by atoms with Crippen LogP contribution in [0.5, 0.6) is 5.75 Å². The Bertz CT molecular complexity index is 418. The topological polar surface area (TPSA) is 55.6 Å². The third kappa shape index (κ3) is 2.35. The van der Waals surface area contributed by atoms with Gasteiger partial charge in [0.2, 0.25) is 0 Å². The molecule has 1 heterocycles. The number of benzene rings is 1. The van der Waals surface area contributed by atoms with Crippen molar-refractivity contribution in [1.82, 2.24) is 0 Å². The van der Waals surface area contributed by atoms with E-state index in [0.717, 1.165) is 31.5 Å². The van der Waals surface area contributed by atoms with Crippen LogP contribution in [0.4, 0.5) is 11.4 Å². The van der Waals surface area contributed by atoms with Gasteiger partial charge in [0.1, 0.15) is 11.4 Å². The normalized spacial score (nSPS) is 14.4. The number of carbonyl (C=O) groups is 1. The molecule has 0 radical (unpaired) electrons. The van der Waals surface area contributed by atoms with Crippen LogP contribution in [0.2, 0.25) is 0 Å². The van der Waals surface area contributed by atoms with Crippen LogP contribution in [-0.4, -0.2) is 19.1 Å². The molecule has 0 spiro atoms. The van der Waals surface area contributed by atoms with E-state index in [1.54, 1.807) is 11.0 Å². The lowest BCUT2D eigenvalue weighted by atomic mass is 10.1. The van der Waals surface area contributed by atoms with Crippen molar-refractivity contribution in [3.8, 4) is 5.75 Å². The average Bonchev–Trinajstić information content (AvgIpc) is 2.33. The minimum absolute atomic E-state index is 0.00787. The summed E-state index contributed by atoms with van der Waals surface area (Å²) in [6.45, 7) is 2.98. The molecule has 0 unspecified atom stereocenters. The summed E-state index contributed by atoms with van der Waals surface area (Å²) in [5, 5.41) is 0. The minimum Gasteiger partial charge on any atom is -0.481 e. The number of nitrogens with two attached hydrogens (primary N) is 1. The van der Waals surface area contributed by atoms with E-state index in [9.17, 15) is 4.79 Å². The molecule has 0 fully saturated rings. The van der Waals surface area contributed by atoms with E-state index in [2.05, 4.69) is 6.92 Å². The Morgan fingerprint density at radius 1 is 1.41 bits per heavy atom. The molecule has 2 N–H and O–H groups in total. The summed E-state index contributed by atoms with van der Waals surface area (Å²) in [6, 6.07) is 5.49. The zero-order chi connectivity index (χ0) is 12.3. The van der Waals surface area contributed by atoms with Gasteiger partial charge in [0, 0.05) is 6.54 Å². The predicted molar refractivity (Wildman–Crippen MR) is 68.2 cm³/mol. The fourth-order valence-electron chi connectivity index (χ4n) is 2.04. The number of hydrogen-bond donors (Lipinski definition) is 1. The first-order valence-electron chi connectivity index (χ1n) is 6.05. The van der Waals surface area contributed by atoms with Gasteiger partial charge < -0.3 is 15.4 Å². The summed E-state index contributed by atoms with van der Waals surface area (Å²) in [5.41, 5.74) is 7.26. The highest BCUT2D eigenvalue weighted by atomic mass is 16.5. The number of nitrogens with zero attached hydrogens (tertiary/aromatic N) is 1. The van der Waals surface area contributed by atoms with Crippen molar-refractivity contribution in [3.63, 3.8) is 0 Å². The summed E-state index contributed by atoms with van der Waals surface area (Å²) in [5.74, 6) is 0.701. The van der Waals surface area contributed by atoms with Gasteiger partial charge in [-0.15, -0.1) is 0 Å². The molecule has 1 aliphatic heterocycles. The Kier molecular flexibility index (Phi) is 3.52. The maximum absolute atomic E-state index is 11.8. The van der Waals surface area contributed by atoms with Gasteiger partial charge in [0.05, 0.1) is 5.69 Å². The minimum atomic E-state index is -0.00787. The third-order valence-corrected chi connectivity index (χ3v) is 2.94. The zero-order valence-corrected chi connectivity index (χ0v) is 10.1. The van der Waals surface area contributed by atoms with E-state index >= 15 is 0 Å². The molecule has 17 heavy (non-hydrogen) atoms. The van der Waals surface area contributed by atoms with Crippen LogP contribution in [0, 0.1) is 0 Å². The first-order valence-corrected chi connectivity index (χ1v) is 6.05. The fraction of sp³-hybridized carbons (Fsp3) is 0.462. The van der Waals surface area contributed by atoms with Crippen LogP contribution in [0.1, 0.15) is 26.2 Å². The largest absolute Gasteiger partial charge is 0.481 e. The molecule has 1 aliphatic rings. The maximum atomic E-state index is 11.8. The number of ether oxygens (including phenoxy) is 1. The highest BCUT2D eigenvalue weighted by Gasteiger charge is 2.26. The second-order valence-electron chi connectivity index (χ2n) is 4.24. The lowest BCUT2D eigenvalue weighted by molar-refractivity contribution is -0.121. The highest BCUT2D eigenvalue weighted by molar-refractivity contribution is 6.01. The van der Waals surface area contributed by atoms with Crippen LogP contribution in [0.25, 0.3) is 0 Å². The van der Waals surface area contributed by atoms with Gasteiger partial charge in [-0.2, -0.15) is 0 Å². The molecule has 1 amide bonds. The van der Waals surface area contributed by atoms with Gasteiger partial charge >= 0.3 is 0 Å².